The number of amides is 4. The molecule has 0 aliphatic rings. The molecule has 232 valence electrons. The molecule has 43 heavy (non-hydrogen) atoms. The number of ether oxygens (including phenoxy) is 2. The first kappa shape index (κ1) is 32.6. The predicted molar refractivity (Wildman–Crippen MR) is 159 cm³/mol. The average Bonchev–Trinajstić information content (AvgIpc) is 3.63. The number of aromatic nitrogens is 3. The van der Waals surface area contributed by atoms with E-state index >= 15 is 0 Å². The molecule has 0 aliphatic heterocycles. The summed E-state index contributed by atoms with van der Waals surface area (Å²) >= 11 is 0. The molecule has 4 amide bonds. The number of nitrogens with one attached hydrogen (secondary N) is 4. The van der Waals surface area contributed by atoms with Crippen molar-refractivity contribution in [2.24, 2.45) is 26.9 Å². The lowest BCUT2D eigenvalue weighted by molar-refractivity contribution is -0.141. The molecule has 0 saturated heterocycles. The Morgan fingerprint density at radius 3 is 1.70 bits per heavy atom. The van der Waals surface area contributed by atoms with E-state index in [1.54, 1.807) is 66.6 Å². The van der Waals surface area contributed by atoms with Crippen molar-refractivity contribution in [1.82, 2.24) is 19.0 Å². The number of hydrogen-bond donors (Lipinski definition) is 5. The first-order valence-corrected chi connectivity index (χ1v) is 13.6. The highest BCUT2D eigenvalue weighted by Gasteiger charge is 2.19. The van der Waals surface area contributed by atoms with Gasteiger partial charge in [-0.25, -0.2) is 0 Å². The highest BCUT2D eigenvalue weighted by Crippen LogP contribution is 2.20. The fraction of sp³-hybridized carbons (Fsp3) is 0.393. The topological polar surface area (TPSA) is 193 Å². The van der Waals surface area contributed by atoms with Gasteiger partial charge < -0.3 is 50.2 Å². The monoisotopic (exact) mass is 598 g/mol. The van der Waals surface area contributed by atoms with Crippen molar-refractivity contribution in [2.75, 3.05) is 49.4 Å². The molecule has 0 saturated carbocycles. The SMILES string of the molecule is COCCCC(=O)Nc1cc(C(=O)Nc2cc(C(=O)Nc3cc(C(=O)NCCCOC(=O)CN)n(C)c3)n(C)c2)n(C)c1. The largest absolute Gasteiger partial charge is 0.465 e. The Labute approximate surface area is 248 Å². The second-order valence-corrected chi connectivity index (χ2v) is 9.76. The molecule has 0 unspecified atom stereocenters. The Kier molecular flexibility index (Phi) is 11.7. The minimum absolute atomic E-state index is 0.143. The Morgan fingerprint density at radius 2 is 1.21 bits per heavy atom. The number of hydrogen-bond acceptors (Lipinski definition) is 8. The third-order valence-electron chi connectivity index (χ3n) is 6.30. The summed E-state index contributed by atoms with van der Waals surface area (Å²) in [7, 11) is 6.60. The molecule has 3 heterocycles. The minimum Gasteiger partial charge on any atom is -0.465 e. The van der Waals surface area contributed by atoms with Crippen LogP contribution in [0.4, 0.5) is 17.1 Å². The van der Waals surface area contributed by atoms with E-state index in [9.17, 15) is 24.0 Å². The van der Waals surface area contributed by atoms with Gasteiger partial charge in [-0.3, -0.25) is 24.0 Å². The van der Waals surface area contributed by atoms with Crippen molar-refractivity contribution >= 4 is 46.7 Å². The highest BCUT2D eigenvalue weighted by atomic mass is 16.5. The summed E-state index contributed by atoms with van der Waals surface area (Å²) in [4.78, 5) is 61.7. The zero-order valence-corrected chi connectivity index (χ0v) is 24.7. The fourth-order valence-electron chi connectivity index (χ4n) is 4.18. The van der Waals surface area contributed by atoms with Crippen molar-refractivity contribution in [3.05, 3.63) is 53.9 Å². The smallest absolute Gasteiger partial charge is 0.319 e. The molecule has 0 fully saturated rings. The molecule has 3 rings (SSSR count). The number of methoxy groups -OCH3 is 1. The summed E-state index contributed by atoms with van der Waals surface area (Å²) in [6, 6.07) is 4.64. The van der Waals surface area contributed by atoms with Crippen LogP contribution in [0.5, 0.6) is 0 Å². The van der Waals surface area contributed by atoms with Crippen LogP contribution in [0.25, 0.3) is 0 Å². The third-order valence-corrected chi connectivity index (χ3v) is 6.30. The molecule has 3 aromatic heterocycles. The number of anilines is 3. The number of aryl methyl sites for hydroxylation is 3. The van der Waals surface area contributed by atoms with Gasteiger partial charge in [-0.2, -0.15) is 0 Å². The lowest BCUT2D eigenvalue weighted by atomic mass is 10.3. The predicted octanol–water partition coefficient (Wildman–Crippen LogP) is 1.19. The van der Waals surface area contributed by atoms with E-state index in [0.717, 1.165) is 0 Å². The van der Waals surface area contributed by atoms with Gasteiger partial charge in [-0.1, -0.05) is 0 Å². The maximum atomic E-state index is 13.0. The van der Waals surface area contributed by atoms with Gasteiger partial charge in [0.05, 0.1) is 30.2 Å². The lowest BCUT2D eigenvalue weighted by Gasteiger charge is -2.06. The maximum Gasteiger partial charge on any atom is 0.319 e. The normalized spacial score (nSPS) is 10.7. The average molecular weight is 599 g/mol. The number of nitrogens with zero attached hydrogens (tertiary/aromatic N) is 3. The van der Waals surface area contributed by atoms with E-state index in [2.05, 4.69) is 21.3 Å². The van der Waals surface area contributed by atoms with E-state index in [4.69, 9.17) is 15.2 Å². The van der Waals surface area contributed by atoms with Crippen LogP contribution in [0.15, 0.2) is 36.8 Å². The number of rotatable bonds is 15. The van der Waals surface area contributed by atoms with Crippen molar-refractivity contribution < 1.29 is 33.4 Å². The van der Waals surface area contributed by atoms with E-state index in [-0.39, 0.29) is 37.2 Å². The quantitative estimate of drug-likeness (QED) is 0.127. The van der Waals surface area contributed by atoms with Gasteiger partial charge in [0.1, 0.15) is 17.1 Å². The van der Waals surface area contributed by atoms with Crippen molar-refractivity contribution in [1.29, 1.82) is 0 Å². The van der Waals surface area contributed by atoms with Gasteiger partial charge in [0, 0.05) is 66.4 Å². The summed E-state index contributed by atoms with van der Waals surface area (Å²) in [6.07, 6.45) is 6.15. The molecule has 6 N–H and O–H groups in total. The van der Waals surface area contributed by atoms with E-state index < -0.39 is 17.8 Å². The maximum absolute atomic E-state index is 13.0. The van der Waals surface area contributed by atoms with Crippen LogP contribution in [0.3, 0.4) is 0 Å². The Hall–Kier alpha value is -4.89. The van der Waals surface area contributed by atoms with Crippen molar-refractivity contribution in [2.45, 2.75) is 19.3 Å². The zero-order chi connectivity index (χ0) is 31.5. The molecular weight excluding hydrogens is 560 g/mol. The molecule has 0 bridgehead atoms. The van der Waals surface area contributed by atoms with E-state index in [1.165, 1.54) is 12.1 Å². The fourth-order valence-corrected chi connectivity index (χ4v) is 4.18. The first-order valence-electron chi connectivity index (χ1n) is 13.6. The third kappa shape index (κ3) is 9.31. The van der Waals surface area contributed by atoms with E-state index in [1.807, 2.05) is 0 Å². The van der Waals surface area contributed by atoms with Crippen LogP contribution >= 0.6 is 0 Å². The second kappa shape index (κ2) is 15.4. The zero-order valence-electron chi connectivity index (χ0n) is 24.7. The van der Waals surface area contributed by atoms with Gasteiger partial charge in [0.25, 0.3) is 17.7 Å². The Bertz CT molecular complexity index is 1470. The number of carbonyl (C=O) groups is 5. The van der Waals surface area contributed by atoms with Gasteiger partial charge in [-0.15, -0.1) is 0 Å². The summed E-state index contributed by atoms with van der Waals surface area (Å²) in [5.41, 5.74) is 7.38. The first-order chi connectivity index (χ1) is 20.5. The molecular formula is C28H38N8O7. The molecule has 3 aromatic rings. The minimum atomic E-state index is -0.511. The molecule has 15 heteroatoms. The van der Waals surface area contributed by atoms with Crippen molar-refractivity contribution in [3.63, 3.8) is 0 Å². The Morgan fingerprint density at radius 1 is 0.721 bits per heavy atom. The Balaban J connectivity index is 1.56. The molecule has 0 aromatic carbocycles. The number of esters is 1. The van der Waals surface area contributed by atoms with Crippen LogP contribution in [-0.4, -0.2) is 76.7 Å². The molecule has 0 atom stereocenters. The molecule has 0 aliphatic carbocycles. The van der Waals surface area contributed by atoms with Crippen LogP contribution < -0.4 is 27.0 Å². The van der Waals surface area contributed by atoms with Gasteiger partial charge >= 0.3 is 5.97 Å². The summed E-state index contributed by atoms with van der Waals surface area (Å²) < 4.78 is 14.6. The molecule has 0 radical (unpaired) electrons. The molecule has 0 spiro atoms. The van der Waals surface area contributed by atoms with Gasteiger partial charge in [-0.05, 0) is 31.0 Å². The van der Waals surface area contributed by atoms with Crippen molar-refractivity contribution in [3.8, 4) is 0 Å². The van der Waals surface area contributed by atoms with Crippen LogP contribution in [-0.2, 0) is 40.2 Å². The number of carbonyl (C=O) groups excluding carboxylic acids is 5. The van der Waals surface area contributed by atoms with Gasteiger partial charge in [0.2, 0.25) is 5.91 Å². The summed E-state index contributed by atoms with van der Waals surface area (Å²) in [5.74, 6) is -1.91. The van der Waals surface area contributed by atoms with Gasteiger partial charge in [0.15, 0.2) is 0 Å². The van der Waals surface area contributed by atoms with Crippen LogP contribution in [0, 0.1) is 0 Å². The highest BCUT2D eigenvalue weighted by molar-refractivity contribution is 6.07. The van der Waals surface area contributed by atoms with Crippen LogP contribution in [0.2, 0.25) is 0 Å². The summed E-state index contributed by atoms with van der Waals surface area (Å²) in [5, 5.41) is 11.0. The summed E-state index contributed by atoms with van der Waals surface area (Å²) in [6.45, 7) is 0.712. The standard InChI is InChI=1S/C28H38N8O7/c1-34-16-19(12-21(34)26(39)30-8-6-10-43-25(38)14-29)32-28(41)23-13-20(17-36(23)3)33-27(40)22-11-18(15-35(22)2)31-24(37)7-5-9-42-4/h11-13,15-17H,5-10,14,29H2,1-4H3,(H,30,39)(H,31,37)(H,32,41)(H,33,40). The second-order valence-electron chi connectivity index (χ2n) is 9.76. The lowest BCUT2D eigenvalue weighted by Crippen LogP contribution is -2.27. The number of nitrogens with two attached hydrogens (primary N) is 1. The van der Waals surface area contributed by atoms with E-state index in [0.29, 0.717) is 54.3 Å². The van der Waals surface area contributed by atoms with Crippen LogP contribution in [0.1, 0.15) is 50.7 Å². The molecule has 15 nitrogen and oxygen atoms in total.